The fourth-order valence-electron chi connectivity index (χ4n) is 3.64. The van der Waals surface area contributed by atoms with Crippen molar-refractivity contribution in [3.8, 4) is 11.5 Å². The number of hydrogen-bond donors (Lipinski definition) is 2. The zero-order valence-electron chi connectivity index (χ0n) is 20.3. The quantitative estimate of drug-likeness (QED) is 0.203. The Morgan fingerprint density at radius 2 is 1.76 bits per heavy atom. The molecule has 4 rings (SSSR count). The molecular weight excluding hydrogens is 564 g/mol. The maximum atomic E-state index is 13.4. The average molecular weight is 582 g/mol. The van der Waals surface area contributed by atoms with Gasteiger partial charge in [-0.15, -0.1) is 0 Å². The third-order valence-electron chi connectivity index (χ3n) is 5.50. The number of para-hydroxylation sites is 1. The van der Waals surface area contributed by atoms with Crippen LogP contribution in [0.2, 0.25) is 10.0 Å². The molecule has 0 radical (unpaired) electrons. The number of amides is 1. The van der Waals surface area contributed by atoms with Crippen LogP contribution in [0.15, 0.2) is 75.8 Å². The van der Waals surface area contributed by atoms with Crippen molar-refractivity contribution in [2.24, 2.45) is 10.2 Å². The van der Waals surface area contributed by atoms with Crippen molar-refractivity contribution in [1.29, 1.82) is 0 Å². The summed E-state index contributed by atoms with van der Waals surface area (Å²) in [6.07, 6.45) is 0. The zero-order chi connectivity index (χ0) is 26.9. The Balaban J connectivity index is 0.00000400. The van der Waals surface area contributed by atoms with Crippen LogP contribution in [0.3, 0.4) is 0 Å². The second-order valence-electron chi connectivity index (χ2n) is 7.79. The molecule has 0 heterocycles. The largest absolute Gasteiger partial charge is 1.00 e. The number of carbonyl (C=O) groups is 1. The topological polar surface area (TPSA) is 140 Å². The first-order valence-corrected chi connectivity index (χ1v) is 12.8. The van der Waals surface area contributed by atoms with Gasteiger partial charge in [0.15, 0.2) is 5.75 Å². The van der Waals surface area contributed by atoms with Crippen LogP contribution in [0, 0.1) is 6.92 Å². The Bertz CT molecular complexity index is 1700. The Kier molecular flexibility index (Phi) is 9.43. The molecule has 0 spiro atoms. The molecule has 0 aromatic heterocycles. The number of halogens is 2. The van der Waals surface area contributed by atoms with Gasteiger partial charge in [-0.2, -0.15) is 18.6 Å². The van der Waals surface area contributed by atoms with Crippen LogP contribution in [0.4, 0.5) is 17.1 Å². The van der Waals surface area contributed by atoms with Crippen molar-refractivity contribution in [3.05, 3.63) is 81.8 Å². The van der Waals surface area contributed by atoms with Gasteiger partial charge in [-0.05, 0) is 48.2 Å². The number of azo groups is 1. The molecule has 0 aliphatic rings. The Morgan fingerprint density at radius 1 is 1.05 bits per heavy atom. The van der Waals surface area contributed by atoms with Gasteiger partial charge in [0.2, 0.25) is 0 Å². The maximum absolute atomic E-state index is 13.4. The number of benzene rings is 4. The molecule has 38 heavy (non-hydrogen) atoms. The first-order chi connectivity index (χ1) is 17.5. The SMILES string of the molecule is COc1c(Cl)cccc1NC(=O)c1cc2ccccc2c(N=Nc2ccc(S(=O)(=O)O)c(Cl)c2C)c1[O-].[Na+]. The van der Waals surface area contributed by atoms with Gasteiger partial charge in [-0.3, -0.25) is 9.35 Å². The Hall–Kier alpha value is -2.70. The Labute approximate surface area is 250 Å². The van der Waals surface area contributed by atoms with E-state index < -0.39 is 26.7 Å². The second kappa shape index (κ2) is 12.0. The number of nitrogens with zero attached hydrogens (tertiary/aromatic N) is 2. The van der Waals surface area contributed by atoms with E-state index in [1.807, 2.05) is 0 Å². The molecule has 1 amide bonds. The average Bonchev–Trinajstić information content (AvgIpc) is 2.85. The Morgan fingerprint density at radius 3 is 2.45 bits per heavy atom. The smallest absolute Gasteiger partial charge is 0.870 e. The van der Waals surface area contributed by atoms with Crippen LogP contribution in [0.1, 0.15) is 15.9 Å². The minimum absolute atomic E-state index is 0. The molecular formula is C25H18Cl2N3NaO6S. The third kappa shape index (κ3) is 5.97. The van der Waals surface area contributed by atoms with E-state index in [2.05, 4.69) is 15.5 Å². The minimum Gasteiger partial charge on any atom is -0.870 e. The third-order valence-corrected chi connectivity index (χ3v) is 7.29. The van der Waals surface area contributed by atoms with Gasteiger partial charge in [0, 0.05) is 10.9 Å². The van der Waals surface area contributed by atoms with Crippen LogP contribution >= 0.6 is 23.2 Å². The molecule has 9 nitrogen and oxygen atoms in total. The summed E-state index contributed by atoms with van der Waals surface area (Å²) in [5.74, 6) is -1.14. The molecule has 13 heteroatoms. The number of fused-ring (bicyclic) bond motifs is 1. The van der Waals surface area contributed by atoms with Crippen molar-refractivity contribution in [2.75, 3.05) is 12.4 Å². The molecule has 0 unspecified atom stereocenters. The molecule has 4 aromatic rings. The number of anilines is 1. The van der Waals surface area contributed by atoms with Gasteiger partial charge in [0.1, 0.15) is 4.90 Å². The van der Waals surface area contributed by atoms with E-state index in [0.717, 1.165) is 6.07 Å². The standard InChI is InChI=1S/C25H19Cl2N3O6S.Na/c1-13-18(10-11-20(21(13)27)37(33,34)35)29-30-22-15-7-4-3-6-14(15)12-16(23(22)31)25(32)28-19-9-5-8-17(26)24(19)36-2;/h3-12,31H,1-2H3,(H,28,32)(H,33,34,35);/q;+1/p-1. The summed E-state index contributed by atoms with van der Waals surface area (Å²) in [5, 5.41) is 25.3. The van der Waals surface area contributed by atoms with Crippen LogP contribution in [0.25, 0.3) is 10.8 Å². The van der Waals surface area contributed by atoms with E-state index >= 15 is 0 Å². The summed E-state index contributed by atoms with van der Waals surface area (Å²) < 4.78 is 37.6. The molecule has 0 saturated heterocycles. The predicted octanol–water partition coefficient (Wildman–Crippen LogP) is 3.46. The normalized spacial score (nSPS) is 11.4. The van der Waals surface area contributed by atoms with Crippen molar-refractivity contribution < 1.29 is 57.2 Å². The molecule has 0 bridgehead atoms. The second-order valence-corrected chi connectivity index (χ2v) is 9.97. The van der Waals surface area contributed by atoms with E-state index in [9.17, 15) is 22.9 Å². The van der Waals surface area contributed by atoms with Crippen molar-refractivity contribution in [2.45, 2.75) is 11.8 Å². The van der Waals surface area contributed by atoms with E-state index in [4.69, 9.17) is 27.9 Å². The number of nitrogens with one attached hydrogen (secondary N) is 1. The van der Waals surface area contributed by atoms with Gasteiger partial charge in [0.05, 0.1) is 34.2 Å². The molecule has 0 saturated carbocycles. The van der Waals surface area contributed by atoms with Gasteiger partial charge in [0.25, 0.3) is 16.0 Å². The number of rotatable bonds is 6. The first-order valence-electron chi connectivity index (χ1n) is 10.6. The summed E-state index contributed by atoms with van der Waals surface area (Å²) in [6.45, 7) is 1.49. The minimum atomic E-state index is -4.54. The number of methoxy groups -OCH3 is 1. The van der Waals surface area contributed by atoms with Crippen LogP contribution in [-0.4, -0.2) is 26.0 Å². The van der Waals surface area contributed by atoms with E-state index in [-0.39, 0.29) is 73.5 Å². The molecule has 0 atom stereocenters. The van der Waals surface area contributed by atoms with Gasteiger partial charge < -0.3 is 15.2 Å². The van der Waals surface area contributed by atoms with Crippen molar-refractivity contribution in [1.82, 2.24) is 0 Å². The molecule has 0 fully saturated rings. The molecule has 190 valence electrons. The van der Waals surface area contributed by atoms with Crippen LogP contribution in [-0.2, 0) is 10.1 Å². The van der Waals surface area contributed by atoms with E-state index in [1.54, 1.807) is 42.5 Å². The van der Waals surface area contributed by atoms with Gasteiger partial charge >= 0.3 is 29.6 Å². The summed E-state index contributed by atoms with van der Waals surface area (Å²) in [4.78, 5) is 12.7. The summed E-state index contributed by atoms with van der Waals surface area (Å²) in [7, 11) is -3.14. The molecule has 0 aliphatic heterocycles. The molecule has 4 aromatic carbocycles. The molecule has 0 aliphatic carbocycles. The molecule has 2 N–H and O–H groups in total. The fraction of sp³-hybridized carbons (Fsp3) is 0.0800. The number of ether oxygens (including phenoxy) is 1. The van der Waals surface area contributed by atoms with Gasteiger partial charge in [-0.25, -0.2) is 0 Å². The maximum Gasteiger partial charge on any atom is 1.00 e. The van der Waals surface area contributed by atoms with E-state index in [0.29, 0.717) is 10.8 Å². The number of carbonyl (C=O) groups excluding carboxylic acids is 1. The van der Waals surface area contributed by atoms with Crippen LogP contribution < -0.4 is 44.7 Å². The number of hydrogen-bond acceptors (Lipinski definition) is 7. The fourth-order valence-corrected chi connectivity index (χ4v) is 4.97. The zero-order valence-corrected chi connectivity index (χ0v) is 24.6. The predicted molar refractivity (Wildman–Crippen MR) is 140 cm³/mol. The van der Waals surface area contributed by atoms with Crippen LogP contribution in [0.5, 0.6) is 11.5 Å². The van der Waals surface area contributed by atoms with Crippen molar-refractivity contribution >= 4 is 67.1 Å². The summed E-state index contributed by atoms with van der Waals surface area (Å²) in [6, 6.07) is 15.5. The summed E-state index contributed by atoms with van der Waals surface area (Å²) in [5.41, 5.74) is 0.375. The first kappa shape index (κ1) is 29.9. The van der Waals surface area contributed by atoms with E-state index in [1.165, 1.54) is 26.2 Å². The van der Waals surface area contributed by atoms with Crippen molar-refractivity contribution in [3.63, 3.8) is 0 Å². The van der Waals surface area contributed by atoms with Gasteiger partial charge in [-0.1, -0.05) is 59.3 Å². The monoisotopic (exact) mass is 581 g/mol. The summed E-state index contributed by atoms with van der Waals surface area (Å²) >= 11 is 12.2.